The molecule has 0 atom stereocenters. The van der Waals surface area contributed by atoms with Gasteiger partial charge in [-0.05, 0) is 42.5 Å². The third-order valence-corrected chi connectivity index (χ3v) is 4.46. The van der Waals surface area contributed by atoms with Gasteiger partial charge in [-0.25, -0.2) is 0 Å². The zero-order valence-corrected chi connectivity index (χ0v) is 16.6. The monoisotopic (exact) mass is 413 g/mol. The van der Waals surface area contributed by atoms with E-state index in [1.165, 1.54) is 6.08 Å². The maximum absolute atomic E-state index is 12.5. The van der Waals surface area contributed by atoms with E-state index in [9.17, 15) is 15.3 Å². The normalized spacial score (nSPS) is 10.6. The number of anilines is 1. The van der Waals surface area contributed by atoms with Crippen LogP contribution < -0.4 is 10.1 Å². The Balaban J connectivity index is 1.80. The average Bonchev–Trinajstić information content (AvgIpc) is 2.78. The van der Waals surface area contributed by atoms with Crippen molar-refractivity contribution in [1.82, 2.24) is 0 Å². The van der Waals surface area contributed by atoms with Crippen LogP contribution in [0.5, 0.6) is 5.75 Å². The molecule has 0 bridgehead atoms. The maximum Gasteiger partial charge on any atom is 0.266 e. The molecule has 0 fully saturated rings. The van der Waals surface area contributed by atoms with Crippen molar-refractivity contribution >= 4 is 29.3 Å². The molecule has 0 unspecified atom stereocenters. The Morgan fingerprint density at radius 3 is 2.43 bits per heavy atom. The molecule has 1 N–H and O–H groups in total. The first-order valence-electron chi connectivity index (χ1n) is 8.99. The summed E-state index contributed by atoms with van der Waals surface area (Å²) in [7, 11) is 0. The molecule has 3 aromatic carbocycles. The van der Waals surface area contributed by atoms with Gasteiger partial charge in [0.1, 0.15) is 24.0 Å². The van der Waals surface area contributed by atoms with Crippen LogP contribution in [-0.2, 0) is 11.4 Å². The lowest BCUT2D eigenvalue weighted by atomic mass is 10.1. The molecule has 146 valence electrons. The summed E-state index contributed by atoms with van der Waals surface area (Å²) in [5.74, 6) is -0.0401. The number of hydrogen-bond acceptors (Lipinski definition) is 4. The van der Waals surface area contributed by atoms with E-state index < -0.39 is 5.91 Å². The maximum atomic E-state index is 12.5. The summed E-state index contributed by atoms with van der Waals surface area (Å²) < 4.78 is 5.87. The molecular weight excluding hydrogens is 398 g/mol. The highest BCUT2D eigenvalue weighted by Gasteiger charge is 2.12. The molecule has 0 radical (unpaired) electrons. The summed E-state index contributed by atoms with van der Waals surface area (Å²) in [6.07, 6.45) is 1.47. The third-order valence-electron chi connectivity index (χ3n) is 4.21. The second-order valence-corrected chi connectivity index (χ2v) is 6.66. The molecule has 0 saturated heterocycles. The van der Waals surface area contributed by atoms with Gasteiger partial charge in [0.2, 0.25) is 0 Å². The summed E-state index contributed by atoms with van der Waals surface area (Å²) in [5, 5.41) is 21.9. The Hall–Kier alpha value is -4.06. The molecule has 1 amide bonds. The lowest BCUT2D eigenvalue weighted by Crippen LogP contribution is -2.13. The van der Waals surface area contributed by atoms with Crippen molar-refractivity contribution in [3.8, 4) is 17.9 Å². The number of halogens is 1. The van der Waals surface area contributed by atoms with Gasteiger partial charge in [0, 0.05) is 21.8 Å². The smallest absolute Gasteiger partial charge is 0.266 e. The first kappa shape index (κ1) is 20.7. The summed E-state index contributed by atoms with van der Waals surface area (Å²) >= 11 is 5.85. The van der Waals surface area contributed by atoms with Gasteiger partial charge in [0.15, 0.2) is 0 Å². The molecule has 30 heavy (non-hydrogen) atoms. The fourth-order valence-electron chi connectivity index (χ4n) is 2.68. The van der Waals surface area contributed by atoms with E-state index in [0.717, 1.165) is 5.56 Å². The van der Waals surface area contributed by atoms with Gasteiger partial charge >= 0.3 is 0 Å². The van der Waals surface area contributed by atoms with Crippen LogP contribution in [0.4, 0.5) is 5.69 Å². The quantitative estimate of drug-likeness (QED) is 0.436. The highest BCUT2D eigenvalue weighted by Crippen LogP contribution is 2.23. The highest BCUT2D eigenvalue weighted by molar-refractivity contribution is 6.30. The van der Waals surface area contributed by atoms with E-state index in [1.54, 1.807) is 60.7 Å². The predicted molar refractivity (Wildman–Crippen MR) is 116 cm³/mol. The fraction of sp³-hybridized carbons (Fsp3) is 0.0417. The van der Waals surface area contributed by atoms with Crippen molar-refractivity contribution in [2.24, 2.45) is 0 Å². The third kappa shape index (κ3) is 5.26. The van der Waals surface area contributed by atoms with Crippen LogP contribution in [0.1, 0.15) is 16.7 Å². The van der Waals surface area contributed by atoms with Crippen molar-refractivity contribution in [3.05, 3.63) is 100 Å². The summed E-state index contributed by atoms with van der Waals surface area (Å²) in [6, 6.07) is 24.9. The number of rotatable bonds is 6. The second kappa shape index (κ2) is 9.93. The molecule has 0 heterocycles. The molecule has 3 rings (SSSR count). The summed E-state index contributed by atoms with van der Waals surface area (Å²) in [4.78, 5) is 12.5. The minimum Gasteiger partial charge on any atom is -0.488 e. The lowest BCUT2D eigenvalue weighted by molar-refractivity contribution is -0.112. The Kier molecular flexibility index (Phi) is 6.84. The number of ether oxygens (including phenoxy) is 1. The number of nitrogens with one attached hydrogen (secondary N) is 1. The van der Waals surface area contributed by atoms with Gasteiger partial charge in [0.25, 0.3) is 5.91 Å². The number of carbonyl (C=O) groups excluding carboxylic acids is 1. The number of hydrogen-bond donors (Lipinski definition) is 1. The fourth-order valence-corrected chi connectivity index (χ4v) is 2.80. The van der Waals surface area contributed by atoms with E-state index in [4.69, 9.17) is 16.3 Å². The minimum absolute atomic E-state index is 0.0709. The van der Waals surface area contributed by atoms with E-state index in [0.29, 0.717) is 27.6 Å². The van der Waals surface area contributed by atoms with Crippen LogP contribution in [0.15, 0.2) is 78.4 Å². The molecule has 0 saturated carbocycles. The van der Waals surface area contributed by atoms with Crippen LogP contribution in [0, 0.1) is 22.7 Å². The Labute approximate surface area is 179 Å². The van der Waals surface area contributed by atoms with Gasteiger partial charge in [-0.15, -0.1) is 0 Å². The van der Waals surface area contributed by atoms with E-state index in [2.05, 4.69) is 11.4 Å². The van der Waals surface area contributed by atoms with Gasteiger partial charge in [0.05, 0.1) is 11.6 Å². The Bertz CT molecular complexity index is 1170. The van der Waals surface area contributed by atoms with Crippen molar-refractivity contribution in [1.29, 1.82) is 10.5 Å². The highest BCUT2D eigenvalue weighted by atomic mass is 35.5. The van der Waals surface area contributed by atoms with Crippen LogP contribution in [0.3, 0.4) is 0 Å². The van der Waals surface area contributed by atoms with Crippen molar-refractivity contribution < 1.29 is 9.53 Å². The van der Waals surface area contributed by atoms with Gasteiger partial charge in [-0.3, -0.25) is 4.79 Å². The number of benzene rings is 3. The molecule has 0 spiro atoms. The zero-order valence-electron chi connectivity index (χ0n) is 15.8. The Morgan fingerprint density at radius 2 is 1.70 bits per heavy atom. The van der Waals surface area contributed by atoms with Crippen LogP contribution in [0.2, 0.25) is 5.02 Å². The van der Waals surface area contributed by atoms with Crippen LogP contribution in [-0.4, -0.2) is 5.91 Å². The van der Waals surface area contributed by atoms with E-state index in [-0.39, 0.29) is 12.2 Å². The molecular formula is C24H16ClN3O2. The van der Waals surface area contributed by atoms with E-state index >= 15 is 0 Å². The van der Waals surface area contributed by atoms with E-state index in [1.807, 2.05) is 18.2 Å². The second-order valence-electron chi connectivity index (χ2n) is 6.23. The Morgan fingerprint density at radius 1 is 1.00 bits per heavy atom. The number of nitrogens with zero attached hydrogens (tertiary/aromatic N) is 2. The molecule has 0 aliphatic heterocycles. The van der Waals surface area contributed by atoms with Crippen molar-refractivity contribution in [2.75, 3.05) is 5.32 Å². The largest absolute Gasteiger partial charge is 0.488 e. The molecule has 5 nitrogen and oxygen atoms in total. The number of amides is 1. The summed E-state index contributed by atoms with van der Waals surface area (Å²) in [6.45, 7) is 0.188. The van der Waals surface area contributed by atoms with Gasteiger partial charge in [-0.1, -0.05) is 48.0 Å². The van der Waals surface area contributed by atoms with Crippen LogP contribution >= 0.6 is 11.6 Å². The first-order valence-corrected chi connectivity index (χ1v) is 9.37. The van der Waals surface area contributed by atoms with Gasteiger partial charge in [-0.2, -0.15) is 10.5 Å². The molecule has 0 aliphatic rings. The summed E-state index contributed by atoms with van der Waals surface area (Å²) in [5.41, 5.74) is 2.32. The molecule has 3 aromatic rings. The number of para-hydroxylation sites is 1. The average molecular weight is 414 g/mol. The number of carbonyl (C=O) groups is 1. The zero-order chi connectivity index (χ0) is 21.3. The lowest BCUT2D eigenvalue weighted by Gasteiger charge is -2.11. The van der Waals surface area contributed by atoms with Crippen molar-refractivity contribution in [3.63, 3.8) is 0 Å². The minimum atomic E-state index is -0.538. The molecule has 6 heteroatoms. The van der Waals surface area contributed by atoms with Crippen LogP contribution in [0.25, 0.3) is 6.08 Å². The van der Waals surface area contributed by atoms with Crippen molar-refractivity contribution in [2.45, 2.75) is 6.61 Å². The first-order chi connectivity index (χ1) is 14.6. The molecule has 0 aromatic heterocycles. The SMILES string of the molecule is N#C/C(=C\c1ccccc1OCc1ccccc1C#N)C(=O)Nc1ccc(Cl)cc1. The van der Waals surface area contributed by atoms with Gasteiger partial charge < -0.3 is 10.1 Å². The standard InChI is InChI=1S/C24H16ClN3O2/c25-21-9-11-22(12-10-21)28-24(29)20(15-27)13-17-5-3-4-8-23(17)30-16-19-7-2-1-6-18(19)14-26/h1-13H,16H2,(H,28,29)/b20-13+. The predicted octanol–water partition coefficient (Wildman–Crippen LogP) is 5.34. The topological polar surface area (TPSA) is 85.9 Å². The number of nitriles is 2. The molecule has 0 aliphatic carbocycles.